The van der Waals surface area contributed by atoms with Gasteiger partial charge in [0.15, 0.2) is 5.96 Å². The molecule has 1 aromatic heterocycles. The van der Waals surface area contributed by atoms with E-state index in [0.717, 1.165) is 41.6 Å². The molecule has 8 heteroatoms. The highest BCUT2D eigenvalue weighted by Gasteiger charge is 2.03. The zero-order valence-electron chi connectivity index (χ0n) is 13.7. The van der Waals surface area contributed by atoms with Gasteiger partial charge in [-0.25, -0.2) is 0 Å². The average molecular weight is 482 g/mol. The molecule has 0 saturated carbocycles. The van der Waals surface area contributed by atoms with E-state index in [0.29, 0.717) is 11.6 Å². The van der Waals surface area contributed by atoms with Crippen LogP contribution in [0.25, 0.3) is 0 Å². The molecule has 1 heterocycles. The second-order valence-electron chi connectivity index (χ2n) is 5.14. The minimum atomic E-state index is 0. The Hall–Kier alpha value is -0.990. The third-order valence-corrected chi connectivity index (χ3v) is 4.10. The largest absolute Gasteiger partial charge is 0.356 e. The van der Waals surface area contributed by atoms with Crippen LogP contribution in [0.2, 0.25) is 10.0 Å². The highest BCUT2D eigenvalue weighted by atomic mass is 127. The van der Waals surface area contributed by atoms with Gasteiger partial charge in [0.05, 0.1) is 12.2 Å². The van der Waals surface area contributed by atoms with Crippen molar-refractivity contribution in [3.63, 3.8) is 0 Å². The maximum absolute atomic E-state index is 6.17. The summed E-state index contributed by atoms with van der Waals surface area (Å²) >= 11 is 12.1. The summed E-state index contributed by atoms with van der Waals surface area (Å²) < 4.78 is 1.84. The molecule has 0 bridgehead atoms. The molecule has 0 aliphatic carbocycles. The van der Waals surface area contributed by atoms with E-state index in [2.05, 4.69) is 20.7 Å². The van der Waals surface area contributed by atoms with Crippen LogP contribution in [-0.4, -0.2) is 29.3 Å². The number of rotatable bonds is 6. The van der Waals surface area contributed by atoms with E-state index < -0.39 is 0 Å². The fourth-order valence-corrected chi connectivity index (χ4v) is 2.68. The molecular formula is C16H22Cl2IN5. The molecule has 0 saturated heterocycles. The third-order valence-electron chi connectivity index (χ3n) is 3.51. The second kappa shape index (κ2) is 10.8. The molecule has 2 aromatic rings. The maximum atomic E-state index is 6.17. The van der Waals surface area contributed by atoms with Crippen molar-refractivity contribution in [3.05, 3.63) is 51.8 Å². The van der Waals surface area contributed by atoms with Gasteiger partial charge in [-0.2, -0.15) is 5.10 Å². The van der Waals surface area contributed by atoms with Crippen molar-refractivity contribution in [1.82, 2.24) is 20.4 Å². The molecule has 0 radical (unpaired) electrons. The zero-order valence-corrected chi connectivity index (χ0v) is 17.6. The molecule has 0 amide bonds. The Kier molecular flexibility index (Phi) is 9.46. The predicted octanol–water partition coefficient (Wildman–Crippen LogP) is 3.64. The summed E-state index contributed by atoms with van der Waals surface area (Å²) in [5.74, 6) is 0.772. The van der Waals surface area contributed by atoms with Gasteiger partial charge in [0.2, 0.25) is 0 Å². The molecule has 0 fully saturated rings. The van der Waals surface area contributed by atoms with Crippen LogP contribution in [0.5, 0.6) is 0 Å². The maximum Gasteiger partial charge on any atom is 0.191 e. The predicted molar refractivity (Wildman–Crippen MR) is 112 cm³/mol. The number of aromatic nitrogens is 2. The van der Waals surface area contributed by atoms with Crippen LogP contribution in [0.4, 0.5) is 0 Å². The van der Waals surface area contributed by atoms with Crippen molar-refractivity contribution < 1.29 is 0 Å². The lowest BCUT2D eigenvalue weighted by atomic mass is 10.1. The van der Waals surface area contributed by atoms with E-state index in [4.69, 9.17) is 23.2 Å². The van der Waals surface area contributed by atoms with Crippen molar-refractivity contribution >= 4 is 53.1 Å². The van der Waals surface area contributed by atoms with Gasteiger partial charge in [0.1, 0.15) is 0 Å². The van der Waals surface area contributed by atoms with Gasteiger partial charge in [0, 0.05) is 36.9 Å². The summed E-state index contributed by atoms with van der Waals surface area (Å²) in [6.07, 6.45) is 3.62. The first-order chi connectivity index (χ1) is 11.1. The topological polar surface area (TPSA) is 54.2 Å². The first-order valence-electron chi connectivity index (χ1n) is 7.45. The Morgan fingerprint density at radius 2 is 2.04 bits per heavy atom. The fourth-order valence-electron chi connectivity index (χ4n) is 2.18. The van der Waals surface area contributed by atoms with Gasteiger partial charge in [-0.15, -0.1) is 24.0 Å². The SMILES string of the molecule is CN=C(NCCCc1ccc(Cl)cc1Cl)NCc1ccnn1C.I. The van der Waals surface area contributed by atoms with Gasteiger partial charge < -0.3 is 10.6 Å². The van der Waals surface area contributed by atoms with Crippen LogP contribution >= 0.6 is 47.2 Å². The summed E-state index contributed by atoms with van der Waals surface area (Å²) in [6, 6.07) is 7.59. The van der Waals surface area contributed by atoms with Gasteiger partial charge in [-0.05, 0) is 36.6 Å². The van der Waals surface area contributed by atoms with E-state index in [9.17, 15) is 0 Å². The van der Waals surface area contributed by atoms with Crippen LogP contribution < -0.4 is 10.6 Å². The highest BCUT2D eigenvalue weighted by Crippen LogP contribution is 2.21. The number of nitrogens with one attached hydrogen (secondary N) is 2. The lowest BCUT2D eigenvalue weighted by Gasteiger charge is -2.12. The van der Waals surface area contributed by atoms with Crippen molar-refractivity contribution in [2.24, 2.45) is 12.0 Å². The minimum absolute atomic E-state index is 0. The Morgan fingerprint density at radius 3 is 2.67 bits per heavy atom. The fraction of sp³-hybridized carbons (Fsp3) is 0.375. The lowest BCUT2D eigenvalue weighted by Crippen LogP contribution is -2.37. The van der Waals surface area contributed by atoms with Crippen LogP contribution in [0, 0.1) is 0 Å². The molecule has 1 aromatic carbocycles. The highest BCUT2D eigenvalue weighted by molar-refractivity contribution is 14.0. The number of aryl methyl sites for hydroxylation is 2. The van der Waals surface area contributed by atoms with Crippen molar-refractivity contribution in [2.75, 3.05) is 13.6 Å². The molecule has 2 rings (SSSR count). The number of benzene rings is 1. The molecule has 132 valence electrons. The third kappa shape index (κ3) is 6.49. The quantitative estimate of drug-likeness (QED) is 0.286. The van der Waals surface area contributed by atoms with Crippen molar-refractivity contribution in [2.45, 2.75) is 19.4 Å². The average Bonchev–Trinajstić information content (AvgIpc) is 2.93. The zero-order chi connectivity index (χ0) is 16.7. The van der Waals surface area contributed by atoms with E-state index in [1.54, 1.807) is 19.3 Å². The number of aliphatic imine (C=N–C) groups is 1. The van der Waals surface area contributed by atoms with Crippen LogP contribution in [-0.2, 0) is 20.0 Å². The molecule has 5 nitrogen and oxygen atoms in total. The summed E-state index contributed by atoms with van der Waals surface area (Å²) in [7, 11) is 3.68. The summed E-state index contributed by atoms with van der Waals surface area (Å²) in [4.78, 5) is 4.21. The van der Waals surface area contributed by atoms with E-state index in [1.165, 1.54) is 0 Å². The molecular weight excluding hydrogens is 460 g/mol. The van der Waals surface area contributed by atoms with Crippen LogP contribution in [0.1, 0.15) is 17.7 Å². The Labute approximate surface area is 169 Å². The van der Waals surface area contributed by atoms with Crippen molar-refractivity contribution in [3.8, 4) is 0 Å². The van der Waals surface area contributed by atoms with Gasteiger partial charge in [-0.1, -0.05) is 29.3 Å². The molecule has 0 aliphatic rings. The van der Waals surface area contributed by atoms with Crippen LogP contribution in [0.3, 0.4) is 0 Å². The number of hydrogen-bond acceptors (Lipinski definition) is 2. The number of hydrogen-bond donors (Lipinski definition) is 2. The first-order valence-corrected chi connectivity index (χ1v) is 8.21. The van der Waals surface area contributed by atoms with E-state index in [1.807, 2.05) is 29.9 Å². The Morgan fingerprint density at radius 1 is 1.25 bits per heavy atom. The van der Waals surface area contributed by atoms with Crippen LogP contribution in [0.15, 0.2) is 35.5 Å². The Balaban J connectivity index is 0.00000288. The summed E-state index contributed by atoms with van der Waals surface area (Å²) in [5.41, 5.74) is 2.21. The normalized spacial score (nSPS) is 11.1. The number of halogens is 3. The van der Waals surface area contributed by atoms with Gasteiger partial charge in [0.25, 0.3) is 0 Å². The summed E-state index contributed by atoms with van der Waals surface area (Å²) in [6.45, 7) is 1.49. The first kappa shape index (κ1) is 21.1. The smallest absolute Gasteiger partial charge is 0.191 e. The standard InChI is InChI=1S/C16H21Cl2N5.HI/c1-19-16(21-11-14-7-9-22-23(14)2)20-8-3-4-12-5-6-13(17)10-15(12)18;/h5-7,9-10H,3-4,8,11H2,1-2H3,(H2,19,20,21);1H. The summed E-state index contributed by atoms with van der Waals surface area (Å²) in [5, 5.41) is 12.1. The number of guanidine groups is 1. The Bertz CT molecular complexity index is 672. The lowest BCUT2D eigenvalue weighted by molar-refractivity contribution is 0.680. The molecule has 0 unspecified atom stereocenters. The molecule has 0 spiro atoms. The minimum Gasteiger partial charge on any atom is -0.356 e. The van der Waals surface area contributed by atoms with Gasteiger partial charge >= 0.3 is 0 Å². The van der Waals surface area contributed by atoms with E-state index in [-0.39, 0.29) is 24.0 Å². The molecule has 2 N–H and O–H groups in total. The van der Waals surface area contributed by atoms with Crippen molar-refractivity contribution in [1.29, 1.82) is 0 Å². The number of nitrogens with zero attached hydrogens (tertiary/aromatic N) is 3. The second-order valence-corrected chi connectivity index (χ2v) is 5.98. The molecule has 0 aliphatic heterocycles. The monoisotopic (exact) mass is 481 g/mol. The van der Waals surface area contributed by atoms with Gasteiger partial charge in [-0.3, -0.25) is 9.67 Å². The molecule has 24 heavy (non-hydrogen) atoms. The molecule has 0 atom stereocenters. The van der Waals surface area contributed by atoms with E-state index >= 15 is 0 Å².